The molecule has 1 aromatic carbocycles. The molecular formula is C26H34N2O5. The van der Waals surface area contributed by atoms with Crippen molar-refractivity contribution in [3.8, 4) is 0 Å². The summed E-state index contributed by atoms with van der Waals surface area (Å²) in [5.41, 5.74) is 5.57. The van der Waals surface area contributed by atoms with Crippen molar-refractivity contribution in [1.29, 1.82) is 0 Å². The van der Waals surface area contributed by atoms with E-state index in [2.05, 4.69) is 16.7 Å². The molecule has 1 N–H and O–H groups in total. The number of likely N-dealkylation sites (tertiary alicyclic amines) is 2. The van der Waals surface area contributed by atoms with Gasteiger partial charge in [-0.3, -0.25) is 0 Å². The van der Waals surface area contributed by atoms with Gasteiger partial charge in [0.1, 0.15) is 13.2 Å². The third kappa shape index (κ3) is 3.85. The molecule has 0 amide bonds. The Morgan fingerprint density at radius 1 is 1.06 bits per heavy atom. The van der Waals surface area contributed by atoms with Crippen LogP contribution in [0.4, 0.5) is 0 Å². The largest absolute Gasteiger partial charge is 0.457 e. The van der Waals surface area contributed by atoms with Crippen molar-refractivity contribution >= 4 is 11.9 Å². The number of hydrogen-bond acceptors (Lipinski definition) is 7. The van der Waals surface area contributed by atoms with Crippen LogP contribution in [0.2, 0.25) is 0 Å². The van der Waals surface area contributed by atoms with Gasteiger partial charge in [0, 0.05) is 25.2 Å². The number of esters is 2. The van der Waals surface area contributed by atoms with Gasteiger partial charge in [0.2, 0.25) is 0 Å². The molecule has 0 unspecified atom stereocenters. The number of benzene rings is 1. The van der Waals surface area contributed by atoms with Crippen molar-refractivity contribution < 1.29 is 24.2 Å². The smallest absolute Gasteiger partial charge is 0.338 e. The highest BCUT2D eigenvalue weighted by molar-refractivity contribution is 5.94. The molecule has 1 aromatic rings. The Kier molecular flexibility index (Phi) is 5.73. The molecule has 5 rings (SSSR count). The Labute approximate surface area is 195 Å². The zero-order valence-corrected chi connectivity index (χ0v) is 19.9. The standard InChI is InChI=1S/C26H34N2O5/c1-16-12-28(22-15-33-24(30)18(22)3)11-8-26(16)6-9-27(10-7-26)13-23(29)19-4-5-20-21(17(19)2)14-32-25(20)31/h4-5,16,23,29H,6-15H2,1-3H3/t16-,23+/m1/s1. The summed E-state index contributed by atoms with van der Waals surface area (Å²) in [6, 6.07) is 3.67. The topological polar surface area (TPSA) is 79.3 Å². The quantitative estimate of drug-likeness (QED) is 0.701. The Bertz CT molecular complexity index is 1010. The second kappa shape index (κ2) is 8.44. The Morgan fingerprint density at radius 3 is 2.42 bits per heavy atom. The third-order valence-electron chi connectivity index (χ3n) is 8.73. The summed E-state index contributed by atoms with van der Waals surface area (Å²) in [5.74, 6) is 0.0995. The third-order valence-corrected chi connectivity index (χ3v) is 8.73. The van der Waals surface area contributed by atoms with E-state index in [0.29, 0.717) is 36.7 Å². The lowest BCUT2D eigenvalue weighted by Gasteiger charge is -2.51. The highest BCUT2D eigenvalue weighted by atomic mass is 16.5. The molecule has 7 nitrogen and oxygen atoms in total. The Balaban J connectivity index is 1.19. The molecule has 2 fully saturated rings. The van der Waals surface area contributed by atoms with Crippen molar-refractivity contribution in [2.75, 3.05) is 39.3 Å². The van der Waals surface area contributed by atoms with Crippen LogP contribution in [0.5, 0.6) is 0 Å². The normalized spacial score (nSPS) is 25.9. The second-order valence-electron chi connectivity index (χ2n) is 10.3. The first kappa shape index (κ1) is 22.4. The lowest BCUT2D eigenvalue weighted by atomic mass is 9.65. The summed E-state index contributed by atoms with van der Waals surface area (Å²) in [6.07, 6.45) is 2.82. The van der Waals surface area contributed by atoms with Crippen molar-refractivity contribution in [2.45, 2.75) is 52.7 Å². The van der Waals surface area contributed by atoms with E-state index in [4.69, 9.17) is 9.47 Å². The lowest BCUT2D eigenvalue weighted by molar-refractivity contribution is -0.136. The summed E-state index contributed by atoms with van der Waals surface area (Å²) in [7, 11) is 0. The highest BCUT2D eigenvalue weighted by Crippen LogP contribution is 2.46. The van der Waals surface area contributed by atoms with Gasteiger partial charge < -0.3 is 24.4 Å². The van der Waals surface area contributed by atoms with Crippen LogP contribution in [0.1, 0.15) is 66.3 Å². The summed E-state index contributed by atoms with van der Waals surface area (Å²) in [5, 5.41) is 11.0. The summed E-state index contributed by atoms with van der Waals surface area (Å²) < 4.78 is 10.4. The summed E-state index contributed by atoms with van der Waals surface area (Å²) in [6.45, 7) is 11.4. The van der Waals surface area contributed by atoms with Gasteiger partial charge >= 0.3 is 11.9 Å². The molecule has 2 atom stereocenters. The van der Waals surface area contributed by atoms with E-state index >= 15 is 0 Å². The van der Waals surface area contributed by atoms with Gasteiger partial charge in [0.25, 0.3) is 0 Å². The van der Waals surface area contributed by atoms with Crippen LogP contribution in [-0.2, 0) is 20.9 Å². The molecule has 7 heteroatoms. The molecule has 4 aliphatic rings. The zero-order chi connectivity index (χ0) is 23.3. The maximum atomic E-state index is 11.8. The number of hydrogen-bond donors (Lipinski definition) is 1. The van der Waals surface area contributed by atoms with Gasteiger partial charge in [-0.2, -0.15) is 0 Å². The molecule has 1 spiro atoms. The van der Waals surface area contributed by atoms with E-state index in [9.17, 15) is 14.7 Å². The van der Waals surface area contributed by atoms with Crippen LogP contribution in [0.25, 0.3) is 0 Å². The van der Waals surface area contributed by atoms with E-state index in [1.807, 2.05) is 19.9 Å². The first-order valence-electron chi connectivity index (χ1n) is 12.1. The van der Waals surface area contributed by atoms with Crippen molar-refractivity contribution in [3.63, 3.8) is 0 Å². The molecule has 2 saturated heterocycles. The van der Waals surface area contributed by atoms with E-state index < -0.39 is 6.10 Å². The second-order valence-corrected chi connectivity index (χ2v) is 10.3. The van der Waals surface area contributed by atoms with E-state index in [1.165, 1.54) is 0 Å². The molecule has 33 heavy (non-hydrogen) atoms. The molecule has 4 aliphatic heterocycles. The van der Waals surface area contributed by atoms with Crippen molar-refractivity contribution in [3.05, 3.63) is 45.7 Å². The SMILES string of the molecule is CC1=C(N2CCC3(CCN(C[C@H](O)c4ccc5c(c4C)COC5=O)CC3)[C@H](C)C2)COC1=O. The number of ether oxygens (including phenoxy) is 2. The Hall–Kier alpha value is -2.38. The maximum absolute atomic E-state index is 11.8. The molecule has 0 aliphatic carbocycles. The van der Waals surface area contributed by atoms with Gasteiger partial charge in [-0.15, -0.1) is 0 Å². The fourth-order valence-corrected chi connectivity index (χ4v) is 6.26. The van der Waals surface area contributed by atoms with Crippen molar-refractivity contribution in [2.24, 2.45) is 11.3 Å². The number of cyclic esters (lactones) is 2. The summed E-state index contributed by atoms with van der Waals surface area (Å²) in [4.78, 5) is 28.3. The number of aliphatic hydroxyl groups excluding tert-OH is 1. The number of carbonyl (C=O) groups is 2. The minimum Gasteiger partial charge on any atom is -0.457 e. The predicted molar refractivity (Wildman–Crippen MR) is 122 cm³/mol. The van der Waals surface area contributed by atoms with Crippen LogP contribution in [0, 0.1) is 18.3 Å². The van der Waals surface area contributed by atoms with Gasteiger partial charge in [-0.1, -0.05) is 13.0 Å². The fourth-order valence-electron chi connectivity index (χ4n) is 6.26. The zero-order valence-electron chi connectivity index (χ0n) is 19.9. The number of piperidine rings is 2. The number of rotatable bonds is 4. The molecule has 0 radical (unpaired) electrons. The molecule has 0 saturated carbocycles. The first-order valence-corrected chi connectivity index (χ1v) is 12.1. The lowest BCUT2D eigenvalue weighted by Crippen LogP contribution is -2.51. The number of fused-ring (bicyclic) bond motifs is 1. The van der Waals surface area contributed by atoms with Crippen LogP contribution >= 0.6 is 0 Å². The molecule has 0 aromatic heterocycles. The summed E-state index contributed by atoms with van der Waals surface area (Å²) >= 11 is 0. The van der Waals surface area contributed by atoms with Crippen LogP contribution < -0.4 is 0 Å². The van der Waals surface area contributed by atoms with Gasteiger partial charge in [-0.25, -0.2) is 9.59 Å². The van der Waals surface area contributed by atoms with Crippen molar-refractivity contribution in [1.82, 2.24) is 9.80 Å². The number of aliphatic hydroxyl groups is 1. The minimum absolute atomic E-state index is 0.178. The van der Waals surface area contributed by atoms with Crippen LogP contribution in [0.15, 0.2) is 23.4 Å². The molecular weight excluding hydrogens is 420 g/mol. The Morgan fingerprint density at radius 2 is 1.76 bits per heavy atom. The molecule has 4 heterocycles. The monoisotopic (exact) mass is 454 g/mol. The fraction of sp³-hybridized carbons (Fsp3) is 0.615. The minimum atomic E-state index is -0.575. The maximum Gasteiger partial charge on any atom is 0.338 e. The van der Waals surface area contributed by atoms with Crippen LogP contribution in [-0.4, -0.2) is 66.2 Å². The molecule has 178 valence electrons. The van der Waals surface area contributed by atoms with Gasteiger partial charge in [0.05, 0.1) is 22.9 Å². The van der Waals surface area contributed by atoms with E-state index in [0.717, 1.165) is 73.4 Å². The van der Waals surface area contributed by atoms with Gasteiger partial charge in [0.15, 0.2) is 0 Å². The van der Waals surface area contributed by atoms with E-state index in [1.54, 1.807) is 6.07 Å². The van der Waals surface area contributed by atoms with Gasteiger partial charge in [-0.05, 0) is 74.7 Å². The predicted octanol–water partition coefficient (Wildman–Crippen LogP) is 2.95. The van der Waals surface area contributed by atoms with Crippen LogP contribution in [0.3, 0.4) is 0 Å². The number of nitrogens with zero attached hydrogens (tertiary/aromatic N) is 2. The number of carbonyl (C=O) groups excluding carboxylic acids is 2. The average molecular weight is 455 g/mol. The average Bonchev–Trinajstić information content (AvgIpc) is 3.34. The van der Waals surface area contributed by atoms with E-state index in [-0.39, 0.29) is 11.9 Å². The molecule has 0 bridgehead atoms. The number of β-amino-alcohol motifs (C(OH)–C–C–N with tert-alkyl or cyclic N) is 1. The highest BCUT2D eigenvalue weighted by Gasteiger charge is 2.44. The first-order chi connectivity index (χ1) is 15.8.